The van der Waals surface area contributed by atoms with E-state index in [0.29, 0.717) is 43.5 Å². The van der Waals surface area contributed by atoms with Crippen molar-refractivity contribution >= 4 is 24.0 Å². The van der Waals surface area contributed by atoms with Gasteiger partial charge in [-0.25, -0.2) is 19.6 Å². The van der Waals surface area contributed by atoms with Gasteiger partial charge in [0.1, 0.15) is 48.9 Å². The fourth-order valence-corrected chi connectivity index (χ4v) is 7.39. The number of ether oxygens (including phenoxy) is 4. The SMILES string of the molecule is CCCN(Cc1ncc(-c2cc3c4c(c2)OCc2cc(-c5cnc(CN(CC(C)C)C(=O)[C@H](NC(=O)OC)c6ccccc6)[nH]5)cc(c2-4)OC3)[nH]1)C(=O)CNC(=O)OC. The van der Waals surface area contributed by atoms with Gasteiger partial charge in [0.2, 0.25) is 11.8 Å². The van der Waals surface area contributed by atoms with Gasteiger partial charge in [-0.1, -0.05) is 51.1 Å². The second-order valence-electron chi connectivity index (χ2n) is 14.8. The number of rotatable bonds is 15. The number of aromatic amines is 2. The predicted molar refractivity (Wildman–Crippen MR) is 217 cm³/mol. The number of aromatic nitrogens is 4. The number of benzene rings is 3. The van der Waals surface area contributed by atoms with E-state index in [4.69, 9.17) is 14.2 Å². The quantitative estimate of drug-likeness (QED) is 0.0962. The third-order valence-corrected chi connectivity index (χ3v) is 10.1. The van der Waals surface area contributed by atoms with E-state index in [9.17, 15) is 19.2 Å². The number of hydrogen-bond donors (Lipinski definition) is 4. The summed E-state index contributed by atoms with van der Waals surface area (Å²) in [7, 11) is 2.52. The molecule has 0 bridgehead atoms. The lowest BCUT2D eigenvalue weighted by Crippen LogP contribution is -2.44. The lowest BCUT2D eigenvalue weighted by atomic mass is 9.87. The molecule has 0 radical (unpaired) electrons. The lowest BCUT2D eigenvalue weighted by Gasteiger charge is -2.30. The summed E-state index contributed by atoms with van der Waals surface area (Å²) in [5, 5.41) is 5.15. The smallest absolute Gasteiger partial charge is 0.407 e. The van der Waals surface area contributed by atoms with Gasteiger partial charge >= 0.3 is 12.2 Å². The second kappa shape index (κ2) is 17.7. The molecule has 5 aromatic rings. The Morgan fingerprint density at radius 3 is 1.88 bits per heavy atom. The van der Waals surface area contributed by atoms with Crippen molar-refractivity contribution in [2.24, 2.45) is 5.92 Å². The van der Waals surface area contributed by atoms with Crippen LogP contribution >= 0.6 is 0 Å². The fraction of sp³-hybridized carbons (Fsp3) is 0.349. The summed E-state index contributed by atoms with van der Waals surface area (Å²) in [5.41, 5.74) is 7.82. The molecule has 0 saturated carbocycles. The first-order valence-electron chi connectivity index (χ1n) is 19.5. The molecule has 59 heavy (non-hydrogen) atoms. The molecule has 2 aliphatic rings. The summed E-state index contributed by atoms with van der Waals surface area (Å²) >= 11 is 0. The van der Waals surface area contributed by atoms with Crippen LogP contribution in [0.1, 0.15) is 61.6 Å². The first-order valence-corrected chi connectivity index (χ1v) is 19.5. The van der Waals surface area contributed by atoms with Crippen LogP contribution in [-0.4, -0.2) is 87.6 Å². The Kier molecular flexibility index (Phi) is 12.1. The van der Waals surface area contributed by atoms with Crippen molar-refractivity contribution in [2.45, 2.75) is 59.5 Å². The number of amides is 4. The van der Waals surface area contributed by atoms with E-state index < -0.39 is 18.2 Å². The molecular formula is C43H48N8O8. The van der Waals surface area contributed by atoms with E-state index in [1.54, 1.807) is 34.3 Å². The molecule has 1 atom stereocenters. The van der Waals surface area contributed by atoms with Gasteiger partial charge in [-0.15, -0.1) is 0 Å². The summed E-state index contributed by atoms with van der Waals surface area (Å²) in [6.07, 6.45) is 2.86. The summed E-state index contributed by atoms with van der Waals surface area (Å²) in [6, 6.07) is 16.3. The molecule has 0 aliphatic carbocycles. The van der Waals surface area contributed by atoms with Crippen LogP contribution in [0.2, 0.25) is 0 Å². The molecule has 7 rings (SSSR count). The zero-order valence-electron chi connectivity index (χ0n) is 33.7. The third-order valence-electron chi connectivity index (χ3n) is 10.1. The molecule has 0 unspecified atom stereocenters. The normalized spacial score (nSPS) is 12.7. The van der Waals surface area contributed by atoms with Crippen LogP contribution < -0.4 is 20.1 Å². The molecule has 2 aromatic heterocycles. The summed E-state index contributed by atoms with van der Waals surface area (Å²) in [5.74, 6) is 2.30. The number of alkyl carbamates (subject to hydrolysis) is 2. The van der Waals surface area contributed by atoms with Gasteiger partial charge in [0, 0.05) is 46.5 Å². The number of methoxy groups -OCH3 is 2. The number of carbonyl (C=O) groups excluding carboxylic acids is 4. The minimum Gasteiger partial charge on any atom is -0.488 e. The molecule has 0 saturated heterocycles. The molecule has 16 nitrogen and oxygen atoms in total. The van der Waals surface area contributed by atoms with Crippen LogP contribution in [0.4, 0.5) is 9.59 Å². The average Bonchev–Trinajstić information content (AvgIpc) is 3.93. The van der Waals surface area contributed by atoms with Gasteiger partial charge in [-0.3, -0.25) is 9.59 Å². The van der Waals surface area contributed by atoms with Crippen LogP contribution in [-0.2, 0) is 45.4 Å². The van der Waals surface area contributed by atoms with E-state index in [2.05, 4.69) is 47.4 Å². The van der Waals surface area contributed by atoms with E-state index in [-0.39, 0.29) is 37.4 Å². The zero-order chi connectivity index (χ0) is 41.6. The highest BCUT2D eigenvalue weighted by molar-refractivity contribution is 5.89. The van der Waals surface area contributed by atoms with Crippen molar-refractivity contribution in [3.05, 3.63) is 95.3 Å². The second-order valence-corrected chi connectivity index (χ2v) is 14.8. The van der Waals surface area contributed by atoms with Gasteiger partial charge in [-0.05, 0) is 42.2 Å². The number of imidazole rings is 2. The number of nitrogens with zero attached hydrogens (tertiary/aromatic N) is 4. The van der Waals surface area contributed by atoms with Crippen molar-refractivity contribution in [1.29, 1.82) is 0 Å². The van der Waals surface area contributed by atoms with Gasteiger partial charge in [-0.2, -0.15) is 0 Å². The topological polar surface area (TPSA) is 193 Å². The van der Waals surface area contributed by atoms with E-state index in [1.165, 1.54) is 14.2 Å². The Bertz CT molecular complexity index is 2290. The number of hydrogen-bond acceptors (Lipinski definition) is 10. The molecule has 0 spiro atoms. The zero-order valence-corrected chi connectivity index (χ0v) is 33.7. The molecule has 2 aliphatic heterocycles. The van der Waals surface area contributed by atoms with Crippen LogP contribution in [0, 0.1) is 5.92 Å². The Morgan fingerprint density at radius 2 is 1.36 bits per heavy atom. The molecule has 16 heteroatoms. The van der Waals surface area contributed by atoms with E-state index in [0.717, 1.165) is 62.7 Å². The summed E-state index contributed by atoms with van der Waals surface area (Å²) < 4.78 is 22.2. The first-order chi connectivity index (χ1) is 28.5. The number of H-pyrrole nitrogens is 2. The Labute approximate surface area is 341 Å². The van der Waals surface area contributed by atoms with Crippen LogP contribution in [0.15, 0.2) is 67.0 Å². The Balaban J connectivity index is 1.09. The van der Waals surface area contributed by atoms with Gasteiger partial charge in [0.05, 0.1) is 51.1 Å². The molecule has 4 amide bonds. The number of carbonyl (C=O) groups is 4. The van der Waals surface area contributed by atoms with Gasteiger partial charge in [0.25, 0.3) is 0 Å². The largest absolute Gasteiger partial charge is 0.488 e. The molecular weight excluding hydrogens is 757 g/mol. The van der Waals surface area contributed by atoms with Crippen molar-refractivity contribution in [3.8, 4) is 45.1 Å². The van der Waals surface area contributed by atoms with Crippen molar-refractivity contribution in [3.63, 3.8) is 0 Å². The highest BCUT2D eigenvalue weighted by Gasteiger charge is 2.32. The maximum atomic E-state index is 14.0. The Morgan fingerprint density at radius 1 is 0.797 bits per heavy atom. The van der Waals surface area contributed by atoms with Crippen LogP contribution in [0.5, 0.6) is 11.5 Å². The third kappa shape index (κ3) is 9.01. The molecule has 3 aromatic carbocycles. The lowest BCUT2D eigenvalue weighted by molar-refractivity contribution is -0.135. The van der Waals surface area contributed by atoms with Gasteiger partial charge in [0.15, 0.2) is 0 Å². The maximum Gasteiger partial charge on any atom is 0.407 e. The van der Waals surface area contributed by atoms with Crippen LogP contribution in [0.25, 0.3) is 33.6 Å². The van der Waals surface area contributed by atoms with Crippen molar-refractivity contribution in [2.75, 3.05) is 33.9 Å². The Hall–Kier alpha value is -6.84. The van der Waals surface area contributed by atoms with Crippen LogP contribution in [0.3, 0.4) is 0 Å². The molecule has 4 N–H and O–H groups in total. The van der Waals surface area contributed by atoms with E-state index >= 15 is 0 Å². The van der Waals surface area contributed by atoms with Crippen molar-refractivity contribution in [1.82, 2.24) is 40.4 Å². The highest BCUT2D eigenvalue weighted by atomic mass is 16.5. The monoisotopic (exact) mass is 804 g/mol. The molecule has 0 fully saturated rings. The summed E-state index contributed by atoms with van der Waals surface area (Å²) in [6.45, 7) is 7.90. The standard InChI is InChI=1S/C43H48N8O8/c1-6-12-50(37(52)19-46-42(54)56-4)21-35-44-17-31(47-35)27-13-29-23-59-34-16-28(14-30-24-58-33(15-27)38(29)39(30)34)32-18-45-36(48-32)22-51(20-25(2)3)41(53)40(49-43(55)57-5)26-10-8-7-9-11-26/h7-11,13-18,25,40H,6,12,19-24H2,1-5H3,(H,44,47)(H,45,48)(H,46,54)(H,49,55)/t40-/m1/s1. The predicted octanol–water partition coefficient (Wildman–Crippen LogP) is 6.10. The molecule has 308 valence electrons. The first kappa shape index (κ1) is 40.4. The average molecular weight is 805 g/mol. The van der Waals surface area contributed by atoms with Gasteiger partial charge < -0.3 is 49.3 Å². The fourth-order valence-electron chi connectivity index (χ4n) is 7.39. The minimum absolute atomic E-state index is 0.150. The minimum atomic E-state index is -0.939. The van der Waals surface area contributed by atoms with Crippen molar-refractivity contribution < 1.29 is 38.1 Å². The maximum absolute atomic E-state index is 14.0. The highest BCUT2D eigenvalue weighted by Crippen LogP contribution is 2.50. The van der Waals surface area contributed by atoms with E-state index in [1.807, 2.05) is 51.1 Å². The number of nitrogens with one attached hydrogen (secondary N) is 4. The molecule has 4 heterocycles. The summed E-state index contributed by atoms with van der Waals surface area (Å²) in [4.78, 5) is 70.0.